The minimum absolute atomic E-state index is 0.00736. The molecule has 0 aliphatic rings. The molecule has 26 heavy (non-hydrogen) atoms. The number of hydrogen-bond donors (Lipinski definition) is 2. The summed E-state index contributed by atoms with van der Waals surface area (Å²) in [5.74, 6) is 0.344. The van der Waals surface area contributed by atoms with Crippen LogP contribution in [0, 0.1) is 0 Å². The molecule has 0 unspecified atom stereocenters. The Labute approximate surface area is 160 Å². The second kappa shape index (κ2) is 7.13. The topological polar surface area (TPSA) is 63.8 Å². The number of nitrogens with two attached hydrogens (primary N) is 1. The van der Waals surface area contributed by atoms with Crippen molar-refractivity contribution in [3.05, 3.63) is 63.6 Å². The lowest BCUT2D eigenvalue weighted by Crippen LogP contribution is -2.05. The van der Waals surface area contributed by atoms with Crippen molar-refractivity contribution >= 4 is 45.0 Å². The van der Waals surface area contributed by atoms with E-state index >= 15 is 0 Å². The van der Waals surface area contributed by atoms with Crippen molar-refractivity contribution in [2.24, 2.45) is 0 Å². The van der Waals surface area contributed by atoms with Crippen LogP contribution < -0.4 is 11.1 Å². The Bertz CT molecular complexity index is 946. The van der Waals surface area contributed by atoms with Gasteiger partial charge in [0.25, 0.3) is 0 Å². The monoisotopic (exact) mass is 442 g/mol. The molecule has 3 N–H and O–H groups in total. The highest BCUT2D eigenvalue weighted by Crippen LogP contribution is 2.32. The summed E-state index contributed by atoms with van der Waals surface area (Å²) in [4.78, 5) is 8.22. The van der Waals surface area contributed by atoms with Crippen molar-refractivity contribution in [1.29, 1.82) is 0 Å². The molecule has 3 rings (SSSR count). The first-order chi connectivity index (χ1) is 12.2. The standard InChI is InChI=1S/C17H11BrClF3N4/c18-10-3-6-13(19)12(7-10)14-8-15(26-16(23)25-14)24-11-4-1-9(2-5-11)17(20,21)22/h1-8H,(H3,23,24,25,26). The number of nitrogens with zero attached hydrogens (tertiary/aromatic N) is 2. The van der Waals surface area contributed by atoms with Crippen LogP contribution in [0.3, 0.4) is 0 Å². The lowest BCUT2D eigenvalue weighted by Gasteiger charge is -2.11. The van der Waals surface area contributed by atoms with Crippen molar-refractivity contribution in [3.8, 4) is 11.3 Å². The molecule has 0 atom stereocenters. The van der Waals surface area contributed by atoms with Crippen molar-refractivity contribution in [3.63, 3.8) is 0 Å². The molecule has 0 saturated heterocycles. The Morgan fingerprint density at radius 1 is 1.00 bits per heavy atom. The van der Waals surface area contributed by atoms with E-state index in [0.29, 0.717) is 27.8 Å². The molecule has 0 aliphatic carbocycles. The molecule has 134 valence electrons. The third kappa shape index (κ3) is 4.25. The van der Waals surface area contributed by atoms with Gasteiger partial charge in [-0.05, 0) is 42.5 Å². The number of aromatic nitrogens is 2. The van der Waals surface area contributed by atoms with E-state index in [1.807, 2.05) is 0 Å². The third-order valence-electron chi connectivity index (χ3n) is 3.43. The molecule has 9 heteroatoms. The first kappa shape index (κ1) is 18.5. The first-order valence-electron chi connectivity index (χ1n) is 7.26. The van der Waals surface area contributed by atoms with Gasteiger partial charge in [0.2, 0.25) is 5.95 Å². The fourth-order valence-electron chi connectivity index (χ4n) is 2.25. The molecule has 1 heterocycles. The smallest absolute Gasteiger partial charge is 0.368 e. The zero-order chi connectivity index (χ0) is 18.9. The summed E-state index contributed by atoms with van der Waals surface area (Å²) in [6.07, 6.45) is -4.39. The average molecular weight is 444 g/mol. The van der Waals surface area contributed by atoms with Gasteiger partial charge in [0.1, 0.15) is 5.82 Å². The number of anilines is 3. The Morgan fingerprint density at radius 3 is 2.35 bits per heavy atom. The Hall–Kier alpha value is -2.32. The summed E-state index contributed by atoms with van der Waals surface area (Å²) in [5.41, 5.74) is 6.59. The van der Waals surface area contributed by atoms with E-state index in [-0.39, 0.29) is 5.95 Å². The maximum atomic E-state index is 12.6. The van der Waals surface area contributed by atoms with E-state index in [1.54, 1.807) is 24.3 Å². The van der Waals surface area contributed by atoms with Crippen LogP contribution in [0.5, 0.6) is 0 Å². The number of nitrogen functional groups attached to an aromatic ring is 1. The quantitative estimate of drug-likeness (QED) is 0.529. The largest absolute Gasteiger partial charge is 0.416 e. The molecular weight excluding hydrogens is 433 g/mol. The van der Waals surface area contributed by atoms with E-state index in [2.05, 4.69) is 31.2 Å². The van der Waals surface area contributed by atoms with E-state index < -0.39 is 11.7 Å². The van der Waals surface area contributed by atoms with Gasteiger partial charge in [-0.3, -0.25) is 0 Å². The lowest BCUT2D eigenvalue weighted by molar-refractivity contribution is -0.137. The van der Waals surface area contributed by atoms with Gasteiger partial charge in [0.05, 0.1) is 16.3 Å². The molecule has 0 bridgehead atoms. The molecule has 2 aromatic carbocycles. The second-order valence-electron chi connectivity index (χ2n) is 5.32. The normalized spacial score (nSPS) is 11.4. The molecule has 3 aromatic rings. The summed E-state index contributed by atoms with van der Waals surface area (Å²) in [6.45, 7) is 0. The number of alkyl halides is 3. The van der Waals surface area contributed by atoms with Gasteiger partial charge in [-0.15, -0.1) is 0 Å². The molecule has 0 saturated carbocycles. The predicted molar refractivity (Wildman–Crippen MR) is 99.3 cm³/mol. The Morgan fingerprint density at radius 2 is 1.69 bits per heavy atom. The van der Waals surface area contributed by atoms with Crippen molar-refractivity contribution < 1.29 is 13.2 Å². The summed E-state index contributed by atoms with van der Waals surface area (Å²) in [6, 6.07) is 11.5. The van der Waals surface area contributed by atoms with Crippen LogP contribution in [0.25, 0.3) is 11.3 Å². The molecule has 0 aliphatic heterocycles. The zero-order valence-electron chi connectivity index (χ0n) is 13.0. The van der Waals surface area contributed by atoms with Crippen molar-refractivity contribution in [1.82, 2.24) is 9.97 Å². The van der Waals surface area contributed by atoms with Crippen LogP contribution in [-0.2, 0) is 6.18 Å². The molecule has 0 amide bonds. The summed E-state index contributed by atoms with van der Waals surface area (Å²) in [5, 5.41) is 3.39. The van der Waals surface area contributed by atoms with Crippen LogP contribution >= 0.6 is 27.5 Å². The maximum Gasteiger partial charge on any atom is 0.416 e. The number of hydrogen-bond acceptors (Lipinski definition) is 4. The van der Waals surface area contributed by atoms with Crippen LogP contribution in [0.4, 0.5) is 30.6 Å². The maximum absolute atomic E-state index is 12.6. The Balaban J connectivity index is 1.92. The molecule has 4 nitrogen and oxygen atoms in total. The number of nitrogens with one attached hydrogen (secondary N) is 1. The number of rotatable bonds is 3. The fraction of sp³-hybridized carbons (Fsp3) is 0.0588. The molecule has 0 radical (unpaired) electrons. The minimum Gasteiger partial charge on any atom is -0.368 e. The molecule has 1 aromatic heterocycles. The lowest BCUT2D eigenvalue weighted by atomic mass is 10.1. The van der Waals surface area contributed by atoms with Gasteiger partial charge in [0, 0.05) is 21.8 Å². The summed E-state index contributed by atoms with van der Waals surface area (Å²) >= 11 is 9.57. The molecular formula is C17H11BrClF3N4. The molecule has 0 spiro atoms. The summed E-state index contributed by atoms with van der Waals surface area (Å²) in [7, 11) is 0. The van der Waals surface area contributed by atoms with Crippen LogP contribution in [-0.4, -0.2) is 9.97 Å². The van der Waals surface area contributed by atoms with Gasteiger partial charge in [-0.25, -0.2) is 4.98 Å². The highest BCUT2D eigenvalue weighted by Gasteiger charge is 2.29. The van der Waals surface area contributed by atoms with Crippen molar-refractivity contribution in [2.45, 2.75) is 6.18 Å². The van der Waals surface area contributed by atoms with Gasteiger partial charge in [0.15, 0.2) is 0 Å². The Kier molecular flexibility index (Phi) is 5.06. The highest BCUT2D eigenvalue weighted by molar-refractivity contribution is 9.10. The van der Waals surface area contributed by atoms with E-state index in [4.69, 9.17) is 17.3 Å². The number of benzene rings is 2. The van der Waals surface area contributed by atoms with Gasteiger partial charge >= 0.3 is 6.18 Å². The second-order valence-corrected chi connectivity index (χ2v) is 6.64. The van der Waals surface area contributed by atoms with Crippen LogP contribution in [0.2, 0.25) is 5.02 Å². The van der Waals surface area contributed by atoms with E-state index in [0.717, 1.165) is 16.6 Å². The van der Waals surface area contributed by atoms with Gasteiger partial charge in [-0.1, -0.05) is 27.5 Å². The third-order valence-corrected chi connectivity index (χ3v) is 4.26. The zero-order valence-corrected chi connectivity index (χ0v) is 15.3. The fourth-order valence-corrected chi connectivity index (χ4v) is 2.83. The summed E-state index contributed by atoms with van der Waals surface area (Å²) < 4.78 is 38.7. The predicted octanol–water partition coefficient (Wildman–Crippen LogP) is 5.90. The highest BCUT2D eigenvalue weighted by atomic mass is 79.9. The molecule has 0 fully saturated rings. The number of halogens is 5. The van der Waals surface area contributed by atoms with Crippen LogP contribution in [0.1, 0.15) is 5.56 Å². The van der Waals surface area contributed by atoms with Crippen molar-refractivity contribution in [2.75, 3.05) is 11.1 Å². The van der Waals surface area contributed by atoms with Crippen LogP contribution in [0.15, 0.2) is 53.0 Å². The van der Waals surface area contributed by atoms with Gasteiger partial charge < -0.3 is 11.1 Å². The minimum atomic E-state index is -4.39. The van der Waals surface area contributed by atoms with E-state index in [1.165, 1.54) is 12.1 Å². The first-order valence-corrected chi connectivity index (χ1v) is 8.44. The SMILES string of the molecule is Nc1nc(Nc2ccc(C(F)(F)F)cc2)cc(-c2cc(Br)ccc2Cl)n1. The van der Waals surface area contributed by atoms with E-state index in [9.17, 15) is 13.2 Å². The average Bonchev–Trinajstić information content (AvgIpc) is 2.56. The van der Waals surface area contributed by atoms with Gasteiger partial charge in [-0.2, -0.15) is 18.2 Å².